The molecule has 0 saturated heterocycles. The van der Waals surface area contributed by atoms with Crippen LogP contribution in [0.25, 0.3) is 11.3 Å². The van der Waals surface area contributed by atoms with Crippen molar-refractivity contribution in [3.8, 4) is 17.0 Å². The number of methoxy groups -OCH3 is 1. The minimum Gasteiger partial charge on any atom is -0.497 e. The molecule has 0 unspecified atom stereocenters. The number of carbonyl (C=O) groups is 1. The molecule has 5 nitrogen and oxygen atoms in total. The van der Waals surface area contributed by atoms with Gasteiger partial charge < -0.3 is 4.74 Å². The molecule has 0 fully saturated rings. The van der Waals surface area contributed by atoms with Crippen LogP contribution in [0, 0.1) is 37.1 Å². The predicted molar refractivity (Wildman–Crippen MR) is 126 cm³/mol. The van der Waals surface area contributed by atoms with Crippen LogP contribution >= 0.6 is 0 Å². The quantitative estimate of drug-likeness (QED) is 0.270. The molecule has 0 aliphatic heterocycles. The number of ether oxygens (including phenoxy) is 1. The Hall–Kier alpha value is -3.49. The average molecular weight is 490 g/mol. The summed E-state index contributed by atoms with van der Waals surface area (Å²) in [6.07, 6.45) is 0.649. The lowest BCUT2D eigenvalue weighted by atomic mass is 9.91. The molecule has 1 aliphatic rings. The van der Waals surface area contributed by atoms with Gasteiger partial charge in [0, 0.05) is 18.2 Å². The maximum Gasteiger partial charge on any atom is 0.232 e. The fraction of sp³-hybridized carbons (Fsp3) is 0.346. The number of nitrogens with zero attached hydrogens (tertiary/aromatic N) is 3. The summed E-state index contributed by atoms with van der Waals surface area (Å²) in [5.74, 6) is -6.59. The molecule has 0 saturated carbocycles. The molecule has 1 aliphatic carbocycles. The highest BCUT2D eigenvalue weighted by Gasteiger charge is 2.27. The van der Waals surface area contributed by atoms with Gasteiger partial charge in [0.25, 0.3) is 0 Å². The van der Waals surface area contributed by atoms with Crippen molar-refractivity contribution in [2.45, 2.75) is 47.0 Å². The van der Waals surface area contributed by atoms with E-state index in [1.807, 2.05) is 32.0 Å². The molecule has 1 aromatic heterocycles. The Balaban J connectivity index is 0.00000167. The zero-order chi connectivity index (χ0) is 26.0. The molecule has 35 heavy (non-hydrogen) atoms. The maximum atomic E-state index is 14.2. The van der Waals surface area contributed by atoms with Crippen LogP contribution in [-0.4, -0.2) is 30.0 Å². The fourth-order valence-electron chi connectivity index (χ4n) is 4.02. The van der Waals surface area contributed by atoms with Gasteiger partial charge >= 0.3 is 0 Å². The topological polar surface area (TPSA) is 55.3 Å². The number of likely N-dealkylation sites (N-methyl/N-ethyl adjacent to an activating group) is 1. The molecule has 2 aromatic carbocycles. The van der Waals surface area contributed by atoms with E-state index in [-0.39, 0.29) is 5.82 Å². The van der Waals surface area contributed by atoms with Gasteiger partial charge in [-0.15, -0.1) is 0 Å². The Morgan fingerprint density at radius 3 is 2.31 bits per heavy atom. The summed E-state index contributed by atoms with van der Waals surface area (Å²) in [5, 5.41) is 0. The minimum atomic E-state index is -1.94. The summed E-state index contributed by atoms with van der Waals surface area (Å²) >= 11 is 0. The van der Waals surface area contributed by atoms with E-state index in [1.165, 1.54) is 11.9 Å². The highest BCUT2D eigenvalue weighted by atomic mass is 19.2. The first kappa shape index (κ1) is 26.1. The van der Waals surface area contributed by atoms with Gasteiger partial charge in [-0.05, 0) is 56.0 Å². The van der Waals surface area contributed by atoms with Gasteiger partial charge in [-0.1, -0.05) is 13.8 Å². The van der Waals surface area contributed by atoms with Gasteiger partial charge in [-0.25, -0.2) is 27.5 Å². The average Bonchev–Trinajstić information content (AvgIpc) is 2.88. The number of rotatable bonds is 4. The standard InChI is InChI=1S/C24H21F4N3O2.C2H6/c1-11-16(20(26)22(28)21(27)19(11)25)10-18(32)31(3)24-12(2)29-23-15-7-6-14(33-4)9-13(15)5-8-17(23)30-24;1-2/h6-7,9H,5,8,10H2,1-4H3;1-2H3. The maximum absolute atomic E-state index is 14.2. The number of carbonyl (C=O) groups excluding carboxylic acids is 1. The second-order valence-electron chi connectivity index (χ2n) is 7.94. The van der Waals surface area contributed by atoms with Crippen molar-refractivity contribution in [2.75, 3.05) is 19.1 Å². The molecule has 1 heterocycles. The van der Waals surface area contributed by atoms with Crippen LogP contribution in [0.3, 0.4) is 0 Å². The van der Waals surface area contributed by atoms with E-state index in [2.05, 4.69) is 9.97 Å². The first-order valence-electron chi connectivity index (χ1n) is 11.3. The van der Waals surface area contributed by atoms with E-state index in [9.17, 15) is 22.4 Å². The highest BCUT2D eigenvalue weighted by molar-refractivity contribution is 5.94. The number of fused-ring (bicyclic) bond motifs is 3. The van der Waals surface area contributed by atoms with Crippen LogP contribution < -0.4 is 9.64 Å². The van der Waals surface area contributed by atoms with Gasteiger partial charge in [-0.3, -0.25) is 9.69 Å². The third kappa shape index (κ3) is 4.72. The first-order chi connectivity index (χ1) is 16.6. The van der Waals surface area contributed by atoms with Crippen LogP contribution in [0.5, 0.6) is 5.75 Å². The first-order valence-corrected chi connectivity index (χ1v) is 11.3. The van der Waals surface area contributed by atoms with Crippen molar-refractivity contribution >= 4 is 11.7 Å². The Kier molecular flexibility index (Phi) is 7.77. The highest BCUT2D eigenvalue weighted by Crippen LogP contribution is 2.35. The molecule has 0 bridgehead atoms. The second kappa shape index (κ2) is 10.4. The monoisotopic (exact) mass is 489 g/mol. The number of anilines is 1. The van der Waals surface area contributed by atoms with Gasteiger partial charge in [-0.2, -0.15) is 0 Å². The Morgan fingerprint density at radius 1 is 1.00 bits per heavy atom. The van der Waals surface area contributed by atoms with Gasteiger partial charge in [0.05, 0.1) is 30.6 Å². The molecule has 9 heteroatoms. The molecule has 3 aromatic rings. The van der Waals surface area contributed by atoms with Crippen molar-refractivity contribution in [3.63, 3.8) is 0 Å². The number of benzene rings is 2. The van der Waals surface area contributed by atoms with Crippen molar-refractivity contribution in [1.29, 1.82) is 0 Å². The number of amides is 1. The van der Waals surface area contributed by atoms with Gasteiger partial charge in [0.1, 0.15) is 5.75 Å². The van der Waals surface area contributed by atoms with Crippen LogP contribution in [0.1, 0.15) is 41.9 Å². The number of aryl methyl sites for hydroxylation is 3. The van der Waals surface area contributed by atoms with Gasteiger partial charge in [0.2, 0.25) is 5.91 Å². The largest absolute Gasteiger partial charge is 0.497 e. The number of halogens is 4. The van der Waals surface area contributed by atoms with E-state index in [0.29, 0.717) is 29.9 Å². The third-order valence-corrected chi connectivity index (χ3v) is 5.96. The molecule has 1 amide bonds. The molecule has 0 radical (unpaired) electrons. The van der Waals surface area contributed by atoms with E-state index < -0.39 is 46.7 Å². The summed E-state index contributed by atoms with van der Waals surface area (Å²) in [6, 6.07) is 5.71. The van der Waals surface area contributed by atoms with Crippen LogP contribution in [0.2, 0.25) is 0 Å². The number of hydrogen-bond donors (Lipinski definition) is 0. The van der Waals surface area contributed by atoms with Crippen molar-refractivity contribution in [3.05, 3.63) is 69.5 Å². The zero-order valence-corrected chi connectivity index (χ0v) is 20.5. The zero-order valence-electron chi connectivity index (χ0n) is 20.5. The Morgan fingerprint density at radius 2 is 1.66 bits per heavy atom. The summed E-state index contributed by atoms with van der Waals surface area (Å²) in [5.41, 5.74) is 2.91. The number of hydrogen-bond acceptors (Lipinski definition) is 4. The van der Waals surface area contributed by atoms with E-state index in [0.717, 1.165) is 23.8 Å². The number of aromatic nitrogens is 2. The summed E-state index contributed by atoms with van der Waals surface area (Å²) in [4.78, 5) is 23.3. The second-order valence-corrected chi connectivity index (χ2v) is 7.94. The lowest BCUT2D eigenvalue weighted by molar-refractivity contribution is -0.117. The fourth-order valence-corrected chi connectivity index (χ4v) is 4.02. The summed E-state index contributed by atoms with van der Waals surface area (Å²) in [7, 11) is 3.03. The summed E-state index contributed by atoms with van der Waals surface area (Å²) in [6.45, 7) is 6.78. The lowest BCUT2D eigenvalue weighted by Crippen LogP contribution is -2.31. The molecule has 0 spiro atoms. The predicted octanol–water partition coefficient (Wildman–Crippen LogP) is 5.66. The van der Waals surface area contributed by atoms with E-state index >= 15 is 0 Å². The molecular weight excluding hydrogens is 462 g/mol. The van der Waals surface area contributed by atoms with E-state index in [4.69, 9.17) is 4.74 Å². The Labute approximate surface area is 201 Å². The molecule has 186 valence electrons. The summed E-state index contributed by atoms with van der Waals surface area (Å²) < 4.78 is 60.5. The van der Waals surface area contributed by atoms with Crippen LogP contribution in [0.4, 0.5) is 23.4 Å². The van der Waals surface area contributed by atoms with Crippen LogP contribution in [-0.2, 0) is 24.1 Å². The normalized spacial score (nSPS) is 11.7. The van der Waals surface area contributed by atoms with Crippen LogP contribution in [0.15, 0.2) is 18.2 Å². The molecule has 0 N–H and O–H groups in total. The smallest absolute Gasteiger partial charge is 0.232 e. The van der Waals surface area contributed by atoms with E-state index in [1.54, 1.807) is 14.0 Å². The van der Waals surface area contributed by atoms with Crippen molar-refractivity contribution < 1.29 is 27.1 Å². The molecule has 0 atom stereocenters. The molecule has 4 rings (SSSR count). The lowest BCUT2D eigenvalue weighted by Gasteiger charge is -2.24. The van der Waals surface area contributed by atoms with Gasteiger partial charge in [0.15, 0.2) is 29.1 Å². The minimum absolute atomic E-state index is 0.261. The van der Waals surface area contributed by atoms with Crippen molar-refractivity contribution in [2.24, 2.45) is 0 Å². The molecular formula is C26H27F4N3O2. The van der Waals surface area contributed by atoms with Crippen molar-refractivity contribution in [1.82, 2.24) is 9.97 Å². The Bertz CT molecular complexity index is 1270. The SMILES string of the molecule is CC.COc1ccc2c(c1)CCc1nc(N(C)C(=O)Cc3c(C)c(F)c(F)c(F)c3F)c(C)nc1-2. The third-order valence-electron chi connectivity index (χ3n) is 5.96.